The summed E-state index contributed by atoms with van der Waals surface area (Å²) >= 11 is 1.11. The fraction of sp³-hybridized carbons (Fsp3) is 0.100. The van der Waals surface area contributed by atoms with Gasteiger partial charge in [-0.2, -0.15) is 5.26 Å². The van der Waals surface area contributed by atoms with Crippen molar-refractivity contribution in [2.45, 2.75) is 6.82 Å². The van der Waals surface area contributed by atoms with Crippen molar-refractivity contribution in [3.63, 3.8) is 0 Å². The summed E-state index contributed by atoms with van der Waals surface area (Å²) in [6.07, 6.45) is 0. The smallest absolute Gasteiger partial charge is 0.141 e. The zero-order valence-corrected chi connectivity index (χ0v) is 8.94. The molecule has 0 bridgehead atoms. The van der Waals surface area contributed by atoms with Gasteiger partial charge in [-0.1, -0.05) is 19.0 Å². The maximum atomic E-state index is 13.2. The van der Waals surface area contributed by atoms with Crippen LogP contribution >= 0.6 is 11.3 Å². The van der Waals surface area contributed by atoms with Gasteiger partial charge in [0.25, 0.3) is 0 Å². The summed E-state index contributed by atoms with van der Waals surface area (Å²) in [4.78, 5) is 0. The maximum Gasteiger partial charge on any atom is 0.141 e. The first kappa shape index (κ1) is 11.5. The van der Waals surface area contributed by atoms with Gasteiger partial charge in [0, 0.05) is 5.39 Å². The van der Waals surface area contributed by atoms with Crippen LogP contribution in [0.2, 0.25) is 6.82 Å². The molecule has 0 unspecified atom stereocenters. The number of rotatable bonds is 0. The van der Waals surface area contributed by atoms with E-state index < -0.39 is 0 Å². The molecule has 0 atom stereocenters. The molecule has 1 heterocycles. The Morgan fingerprint density at radius 3 is 2.73 bits per heavy atom. The van der Waals surface area contributed by atoms with Crippen molar-refractivity contribution < 1.29 is 4.39 Å². The number of nitrogens with zero attached hydrogens (tertiary/aromatic N) is 1. The highest BCUT2D eigenvalue weighted by molar-refractivity contribution is 7.23. The van der Waals surface area contributed by atoms with Crippen LogP contribution < -0.4 is 5.73 Å². The van der Waals surface area contributed by atoms with Crippen LogP contribution in [-0.2, 0) is 0 Å². The van der Waals surface area contributed by atoms with Crippen molar-refractivity contribution in [2.75, 3.05) is 5.73 Å². The molecular weight excluding hydrogens is 210 g/mol. The molecule has 0 amide bonds. The Morgan fingerprint density at radius 2 is 2.13 bits per heavy atom. The molecule has 74 valence electrons. The van der Waals surface area contributed by atoms with Crippen LogP contribution in [0.4, 0.5) is 9.39 Å². The summed E-state index contributed by atoms with van der Waals surface area (Å²) < 4.78 is 13.6. The van der Waals surface area contributed by atoms with Crippen LogP contribution in [0.5, 0.6) is 0 Å². The third-order valence-electron chi connectivity index (χ3n) is 1.81. The van der Waals surface area contributed by atoms with E-state index in [1.165, 1.54) is 12.9 Å². The molecule has 0 aliphatic heterocycles. The number of hydrogen-bond acceptors (Lipinski definition) is 3. The van der Waals surface area contributed by atoms with E-state index in [4.69, 9.17) is 11.0 Å². The Morgan fingerprint density at radius 1 is 1.47 bits per heavy atom. The topological polar surface area (TPSA) is 49.8 Å². The van der Waals surface area contributed by atoms with Gasteiger partial charge in [-0.25, -0.2) is 4.39 Å². The van der Waals surface area contributed by atoms with Gasteiger partial charge in [0.2, 0.25) is 0 Å². The Balaban J connectivity index is 0.000000531. The first-order chi connectivity index (χ1) is 7.24. The van der Waals surface area contributed by atoms with Crippen LogP contribution in [-0.4, -0.2) is 7.85 Å². The number of anilines is 1. The van der Waals surface area contributed by atoms with Crippen molar-refractivity contribution in [3.05, 3.63) is 29.6 Å². The van der Waals surface area contributed by atoms with Crippen molar-refractivity contribution in [1.82, 2.24) is 0 Å². The van der Waals surface area contributed by atoms with Crippen molar-refractivity contribution in [1.29, 1.82) is 5.26 Å². The second kappa shape index (κ2) is 4.81. The number of benzene rings is 1. The summed E-state index contributed by atoms with van der Waals surface area (Å²) in [5.41, 5.74) is 5.94. The minimum absolute atomic E-state index is 0.323. The predicted octanol–water partition coefficient (Wildman–Crippen LogP) is 2.70. The summed E-state index contributed by atoms with van der Waals surface area (Å²) in [6, 6.07) is 6.60. The molecule has 1 aromatic heterocycles. The highest BCUT2D eigenvalue weighted by Crippen LogP contribution is 2.34. The fourth-order valence-electron chi connectivity index (χ4n) is 1.22. The van der Waals surface area contributed by atoms with Gasteiger partial charge >= 0.3 is 0 Å². The van der Waals surface area contributed by atoms with Gasteiger partial charge < -0.3 is 5.73 Å². The normalized spacial score (nSPS) is 9.13. The lowest BCUT2D eigenvalue weighted by atomic mass is 10.2. The first-order valence-electron chi connectivity index (χ1n) is 4.18. The molecule has 1 aromatic carbocycles. The number of hydrogen-bond donors (Lipinski definition) is 1. The van der Waals surface area contributed by atoms with E-state index in [2.05, 4.69) is 7.85 Å². The van der Waals surface area contributed by atoms with Gasteiger partial charge in [-0.3, -0.25) is 0 Å². The minimum atomic E-state index is -0.323. The van der Waals surface area contributed by atoms with E-state index in [0.717, 1.165) is 11.3 Å². The van der Waals surface area contributed by atoms with Crippen molar-refractivity contribution in [3.8, 4) is 6.07 Å². The summed E-state index contributed by atoms with van der Waals surface area (Å²) in [5.74, 6) is -0.323. The molecule has 0 aliphatic carbocycles. The summed E-state index contributed by atoms with van der Waals surface area (Å²) in [6.45, 7) is 1.50. The number of nitrogen functional groups attached to an aromatic ring is 1. The zero-order valence-electron chi connectivity index (χ0n) is 8.12. The van der Waals surface area contributed by atoms with Gasteiger partial charge in [0.1, 0.15) is 16.9 Å². The van der Waals surface area contributed by atoms with Crippen LogP contribution in [0.1, 0.15) is 5.56 Å². The van der Waals surface area contributed by atoms with Gasteiger partial charge in [-0.15, -0.1) is 11.3 Å². The van der Waals surface area contributed by atoms with Crippen molar-refractivity contribution in [2.24, 2.45) is 0 Å². The number of nitriles is 1. The average Bonchev–Trinajstić information content (AvgIpc) is 2.59. The first-order valence-corrected chi connectivity index (χ1v) is 5.00. The molecule has 0 saturated heterocycles. The highest BCUT2D eigenvalue weighted by Gasteiger charge is 2.11. The van der Waals surface area contributed by atoms with Gasteiger partial charge in [0.15, 0.2) is 0 Å². The molecule has 2 rings (SSSR count). The molecule has 2 aromatic rings. The summed E-state index contributed by atoms with van der Waals surface area (Å²) in [5, 5.41) is 9.73. The standard InChI is InChI=1S/C9H5FN2S.CH3B/c10-7-3-1-2-5-6(4-11)9(12)13-8(5)7;1-2/h1-3H,12H2;1H3. The lowest BCUT2D eigenvalue weighted by Gasteiger charge is -1.89. The van der Waals surface area contributed by atoms with Gasteiger partial charge in [-0.05, 0) is 6.07 Å². The largest absolute Gasteiger partial charge is 0.389 e. The highest BCUT2D eigenvalue weighted by atomic mass is 32.1. The van der Waals surface area contributed by atoms with E-state index in [0.29, 0.717) is 20.7 Å². The fourth-order valence-corrected chi connectivity index (χ4v) is 2.14. The molecule has 0 saturated carbocycles. The van der Waals surface area contributed by atoms with E-state index in [1.54, 1.807) is 12.1 Å². The number of halogens is 1. The zero-order chi connectivity index (χ0) is 11.4. The van der Waals surface area contributed by atoms with Crippen LogP contribution in [0.3, 0.4) is 0 Å². The molecular formula is C10H8BFN2S. The molecule has 2 nitrogen and oxygen atoms in total. The molecule has 15 heavy (non-hydrogen) atoms. The molecule has 5 heteroatoms. The van der Waals surface area contributed by atoms with E-state index in [1.807, 2.05) is 6.07 Å². The Kier molecular flexibility index (Phi) is 3.70. The lowest BCUT2D eigenvalue weighted by molar-refractivity contribution is 0.642. The van der Waals surface area contributed by atoms with Crippen LogP contribution in [0.25, 0.3) is 10.1 Å². The molecule has 0 fully saturated rings. The van der Waals surface area contributed by atoms with E-state index >= 15 is 0 Å². The predicted molar refractivity (Wildman–Crippen MR) is 62.5 cm³/mol. The third kappa shape index (κ3) is 1.95. The van der Waals surface area contributed by atoms with Crippen LogP contribution in [0.15, 0.2) is 18.2 Å². The quantitative estimate of drug-likeness (QED) is 0.691. The Hall–Kier alpha value is -1.54. The second-order valence-corrected chi connectivity index (χ2v) is 3.62. The molecule has 2 radical (unpaired) electrons. The Labute approximate surface area is 92.5 Å². The number of fused-ring (bicyclic) bond motifs is 1. The number of thiophene rings is 1. The number of nitrogens with two attached hydrogens (primary N) is 1. The SMILES string of the molecule is N#Cc1c(N)sc2c(F)cccc12.[B]C. The lowest BCUT2D eigenvalue weighted by Crippen LogP contribution is -1.81. The van der Waals surface area contributed by atoms with Crippen LogP contribution in [0, 0.1) is 17.1 Å². The minimum Gasteiger partial charge on any atom is -0.389 e. The Bertz CT molecular complexity index is 516. The van der Waals surface area contributed by atoms with E-state index in [9.17, 15) is 4.39 Å². The maximum absolute atomic E-state index is 13.2. The van der Waals surface area contributed by atoms with E-state index in [-0.39, 0.29) is 5.82 Å². The monoisotopic (exact) mass is 218 g/mol. The van der Waals surface area contributed by atoms with Crippen molar-refractivity contribution >= 4 is 34.3 Å². The summed E-state index contributed by atoms with van der Waals surface area (Å²) in [7, 11) is 4.50. The molecule has 2 N–H and O–H groups in total. The second-order valence-electron chi connectivity index (χ2n) is 2.57. The molecule has 0 spiro atoms. The average molecular weight is 218 g/mol. The third-order valence-corrected chi connectivity index (χ3v) is 2.85. The molecule has 0 aliphatic rings. The van der Waals surface area contributed by atoms with Gasteiger partial charge in [0.05, 0.1) is 18.1 Å².